The fourth-order valence-corrected chi connectivity index (χ4v) is 2.18. The van der Waals surface area contributed by atoms with Gasteiger partial charge in [0.25, 0.3) is 0 Å². The van der Waals surface area contributed by atoms with Gasteiger partial charge in [-0.05, 0) is 42.8 Å². The molecule has 1 aromatic carbocycles. The molecule has 2 N–H and O–H groups in total. The Labute approximate surface area is 166 Å². The number of ether oxygens (including phenoxy) is 2. The molecule has 7 heteroatoms. The van der Waals surface area contributed by atoms with Crippen LogP contribution in [-0.2, 0) is 6.54 Å². The van der Waals surface area contributed by atoms with E-state index in [1.807, 2.05) is 48.8 Å². The van der Waals surface area contributed by atoms with Gasteiger partial charge in [0.2, 0.25) is 0 Å². The Hall–Kier alpha value is -1.90. The number of nitrogens with zero attached hydrogens (tertiary/aromatic N) is 2. The lowest BCUT2D eigenvalue weighted by atomic mass is 10.3. The highest BCUT2D eigenvalue weighted by molar-refractivity contribution is 14.0. The van der Waals surface area contributed by atoms with Crippen LogP contribution in [0.15, 0.2) is 53.8 Å². The second-order valence-electron chi connectivity index (χ2n) is 5.22. The van der Waals surface area contributed by atoms with Gasteiger partial charge in [0.05, 0.1) is 13.7 Å². The van der Waals surface area contributed by atoms with E-state index in [1.165, 1.54) is 0 Å². The minimum Gasteiger partial charge on any atom is -0.497 e. The Morgan fingerprint density at radius 3 is 2.32 bits per heavy atom. The van der Waals surface area contributed by atoms with Crippen molar-refractivity contribution in [1.82, 2.24) is 15.2 Å². The molecule has 138 valence electrons. The summed E-state index contributed by atoms with van der Waals surface area (Å²) in [6.45, 7) is 3.20. The molecule has 0 saturated heterocycles. The molecule has 6 nitrogen and oxygen atoms in total. The van der Waals surface area contributed by atoms with Crippen molar-refractivity contribution in [3.8, 4) is 11.5 Å². The predicted octanol–water partition coefficient (Wildman–Crippen LogP) is 2.75. The van der Waals surface area contributed by atoms with Gasteiger partial charge in [-0.15, -0.1) is 24.0 Å². The van der Waals surface area contributed by atoms with Gasteiger partial charge in [0.1, 0.15) is 11.5 Å². The lowest BCUT2D eigenvalue weighted by Crippen LogP contribution is -2.39. The van der Waals surface area contributed by atoms with Crippen LogP contribution < -0.4 is 20.1 Å². The molecule has 0 aliphatic carbocycles. The second-order valence-corrected chi connectivity index (χ2v) is 5.22. The van der Waals surface area contributed by atoms with Crippen LogP contribution >= 0.6 is 24.0 Å². The van der Waals surface area contributed by atoms with Crippen molar-refractivity contribution in [2.24, 2.45) is 4.99 Å². The molecule has 25 heavy (non-hydrogen) atoms. The lowest BCUT2D eigenvalue weighted by molar-refractivity contribution is 0.310. The molecule has 0 amide bonds. The monoisotopic (exact) mass is 458 g/mol. The van der Waals surface area contributed by atoms with E-state index in [0.717, 1.165) is 43.5 Å². The number of hydrogen-bond acceptors (Lipinski definition) is 3. The Morgan fingerprint density at radius 2 is 1.68 bits per heavy atom. The summed E-state index contributed by atoms with van der Waals surface area (Å²) in [4.78, 5) is 4.21. The molecule has 0 bridgehead atoms. The van der Waals surface area contributed by atoms with Crippen LogP contribution in [0.4, 0.5) is 0 Å². The fourth-order valence-electron chi connectivity index (χ4n) is 2.18. The number of hydrogen-bond donors (Lipinski definition) is 2. The molecule has 1 heterocycles. The van der Waals surface area contributed by atoms with Crippen LogP contribution in [0.3, 0.4) is 0 Å². The van der Waals surface area contributed by atoms with Crippen molar-refractivity contribution < 1.29 is 9.47 Å². The van der Waals surface area contributed by atoms with Crippen molar-refractivity contribution >= 4 is 29.9 Å². The molecule has 0 aliphatic heterocycles. The van der Waals surface area contributed by atoms with E-state index in [2.05, 4.69) is 20.2 Å². The average Bonchev–Trinajstić information content (AvgIpc) is 3.14. The molecule has 0 radical (unpaired) electrons. The maximum absolute atomic E-state index is 5.69. The van der Waals surface area contributed by atoms with Gasteiger partial charge < -0.3 is 24.7 Å². The Kier molecular flexibility index (Phi) is 10.5. The summed E-state index contributed by atoms with van der Waals surface area (Å²) in [6.07, 6.45) is 4.99. The van der Waals surface area contributed by atoms with Crippen LogP contribution in [0.1, 0.15) is 6.42 Å². The second kappa shape index (κ2) is 12.5. The molecule has 2 rings (SSSR count). The third-order valence-corrected chi connectivity index (χ3v) is 3.49. The first-order valence-electron chi connectivity index (χ1n) is 8.14. The summed E-state index contributed by atoms with van der Waals surface area (Å²) in [6, 6.07) is 11.7. The highest BCUT2D eigenvalue weighted by Gasteiger charge is 1.98. The molecular weight excluding hydrogens is 431 g/mol. The van der Waals surface area contributed by atoms with Crippen molar-refractivity contribution in [2.45, 2.75) is 13.0 Å². The van der Waals surface area contributed by atoms with Crippen molar-refractivity contribution in [3.05, 3.63) is 48.8 Å². The van der Waals surface area contributed by atoms with E-state index in [4.69, 9.17) is 9.47 Å². The SMILES string of the molecule is CN=C(NCCCOc1ccc(OC)cc1)NCCn1cccc1.I. The maximum Gasteiger partial charge on any atom is 0.191 e. The summed E-state index contributed by atoms with van der Waals surface area (Å²) < 4.78 is 12.9. The van der Waals surface area contributed by atoms with Crippen molar-refractivity contribution in [2.75, 3.05) is 33.9 Å². The van der Waals surface area contributed by atoms with Crippen molar-refractivity contribution in [3.63, 3.8) is 0 Å². The third kappa shape index (κ3) is 8.15. The summed E-state index contributed by atoms with van der Waals surface area (Å²) >= 11 is 0. The summed E-state index contributed by atoms with van der Waals surface area (Å²) in [5, 5.41) is 6.58. The summed E-state index contributed by atoms with van der Waals surface area (Å²) in [5.74, 6) is 2.50. The minimum absolute atomic E-state index is 0. The van der Waals surface area contributed by atoms with Crippen LogP contribution in [0, 0.1) is 0 Å². The molecule has 1 aromatic heterocycles. The van der Waals surface area contributed by atoms with Gasteiger partial charge in [0, 0.05) is 39.1 Å². The molecular formula is C18H27IN4O2. The largest absolute Gasteiger partial charge is 0.497 e. The number of aliphatic imine (C=N–C) groups is 1. The summed E-state index contributed by atoms with van der Waals surface area (Å²) in [7, 11) is 3.43. The molecule has 0 atom stereocenters. The van der Waals surface area contributed by atoms with Crippen LogP contribution in [0.5, 0.6) is 11.5 Å². The molecule has 0 fully saturated rings. The zero-order valence-corrected chi connectivity index (χ0v) is 17.1. The number of halogens is 1. The van der Waals surface area contributed by atoms with Gasteiger partial charge in [-0.2, -0.15) is 0 Å². The first kappa shape index (κ1) is 21.1. The van der Waals surface area contributed by atoms with Gasteiger partial charge >= 0.3 is 0 Å². The molecule has 2 aromatic rings. The Balaban J connectivity index is 0.00000312. The highest BCUT2D eigenvalue weighted by atomic mass is 127. The number of rotatable bonds is 9. The number of guanidine groups is 1. The molecule has 0 spiro atoms. The van der Waals surface area contributed by atoms with Gasteiger partial charge in [-0.1, -0.05) is 0 Å². The predicted molar refractivity (Wildman–Crippen MR) is 112 cm³/mol. The molecule has 0 saturated carbocycles. The Bertz CT molecular complexity index is 600. The van der Waals surface area contributed by atoms with Crippen LogP contribution in [-0.4, -0.2) is 44.4 Å². The number of benzene rings is 1. The summed E-state index contributed by atoms with van der Waals surface area (Å²) in [5.41, 5.74) is 0. The van der Waals surface area contributed by atoms with E-state index in [1.54, 1.807) is 14.2 Å². The highest BCUT2D eigenvalue weighted by Crippen LogP contribution is 2.16. The topological polar surface area (TPSA) is 59.8 Å². The quantitative estimate of drug-likeness (QED) is 0.263. The van der Waals surface area contributed by atoms with Gasteiger partial charge in [-0.3, -0.25) is 4.99 Å². The first-order chi connectivity index (χ1) is 11.8. The van der Waals surface area contributed by atoms with Gasteiger partial charge in [-0.25, -0.2) is 0 Å². The third-order valence-electron chi connectivity index (χ3n) is 3.49. The fraction of sp³-hybridized carbons (Fsp3) is 0.389. The van der Waals surface area contributed by atoms with Gasteiger partial charge in [0.15, 0.2) is 5.96 Å². The number of methoxy groups -OCH3 is 1. The van der Waals surface area contributed by atoms with Crippen molar-refractivity contribution in [1.29, 1.82) is 0 Å². The number of aromatic nitrogens is 1. The van der Waals surface area contributed by atoms with E-state index in [-0.39, 0.29) is 24.0 Å². The first-order valence-corrected chi connectivity index (χ1v) is 8.14. The standard InChI is InChI=1S/C18H26N4O2.HI/c1-19-18(21-11-14-22-12-3-4-13-22)20-10-5-15-24-17-8-6-16(23-2)7-9-17;/h3-4,6-9,12-13H,5,10-11,14-15H2,1-2H3,(H2,19,20,21);1H. The average molecular weight is 458 g/mol. The van der Waals surface area contributed by atoms with E-state index >= 15 is 0 Å². The molecule has 0 aliphatic rings. The van der Waals surface area contributed by atoms with Crippen LogP contribution in [0.2, 0.25) is 0 Å². The maximum atomic E-state index is 5.69. The van der Waals surface area contributed by atoms with E-state index in [0.29, 0.717) is 6.61 Å². The van der Waals surface area contributed by atoms with Crippen LogP contribution in [0.25, 0.3) is 0 Å². The van der Waals surface area contributed by atoms with E-state index < -0.39 is 0 Å². The number of nitrogens with one attached hydrogen (secondary N) is 2. The minimum atomic E-state index is 0. The normalized spacial score (nSPS) is 10.7. The zero-order chi connectivity index (χ0) is 17.0. The lowest BCUT2D eigenvalue weighted by Gasteiger charge is -2.12. The Morgan fingerprint density at radius 1 is 1.04 bits per heavy atom. The zero-order valence-electron chi connectivity index (χ0n) is 14.8. The molecule has 0 unspecified atom stereocenters. The smallest absolute Gasteiger partial charge is 0.191 e. The van der Waals surface area contributed by atoms with E-state index in [9.17, 15) is 0 Å².